The van der Waals surface area contributed by atoms with Gasteiger partial charge in [0, 0.05) is 24.2 Å². The van der Waals surface area contributed by atoms with Crippen LogP contribution in [0.4, 0.5) is 5.69 Å². The van der Waals surface area contributed by atoms with Gasteiger partial charge in [0.25, 0.3) is 11.6 Å². The number of aliphatic imine (C=N–C) groups is 1. The number of hydrogen-bond donors (Lipinski definition) is 3. The summed E-state index contributed by atoms with van der Waals surface area (Å²) in [4.78, 5) is 39.0. The molecule has 0 aliphatic carbocycles. The Kier molecular flexibility index (Phi) is 7.66. The van der Waals surface area contributed by atoms with Crippen molar-refractivity contribution in [1.29, 1.82) is 0 Å². The second-order valence-corrected chi connectivity index (χ2v) is 6.01. The summed E-state index contributed by atoms with van der Waals surface area (Å²) in [6, 6.07) is 12.5. The van der Waals surface area contributed by atoms with E-state index in [0.29, 0.717) is 12.0 Å². The van der Waals surface area contributed by atoms with Gasteiger partial charge in [0.05, 0.1) is 4.92 Å². The number of carbonyl (C=O) groups excluding carboxylic acids is 2. The molecule has 0 spiro atoms. The normalized spacial score (nSPS) is 11.2. The van der Waals surface area contributed by atoms with Gasteiger partial charge in [-0.15, -0.1) is 0 Å². The van der Waals surface area contributed by atoms with E-state index in [-0.39, 0.29) is 30.4 Å². The molecule has 0 radical (unpaired) electrons. The third-order valence-electron chi connectivity index (χ3n) is 3.84. The maximum absolute atomic E-state index is 12.6. The van der Waals surface area contributed by atoms with Crippen molar-refractivity contribution in [2.75, 3.05) is 6.54 Å². The van der Waals surface area contributed by atoms with Gasteiger partial charge >= 0.3 is 5.97 Å². The molecule has 0 fully saturated rings. The Labute approximate surface area is 166 Å². The number of nitrogens with one attached hydrogen (secondary N) is 1. The van der Waals surface area contributed by atoms with Gasteiger partial charge in [-0.3, -0.25) is 19.9 Å². The van der Waals surface area contributed by atoms with E-state index >= 15 is 0 Å². The van der Waals surface area contributed by atoms with Gasteiger partial charge in [0.15, 0.2) is 5.96 Å². The van der Waals surface area contributed by atoms with E-state index in [1.54, 1.807) is 30.3 Å². The van der Waals surface area contributed by atoms with Crippen LogP contribution in [-0.2, 0) is 4.79 Å². The maximum atomic E-state index is 12.6. The molecule has 0 aliphatic rings. The first-order valence-electron chi connectivity index (χ1n) is 8.74. The Hall–Kier alpha value is -3.95. The zero-order valence-corrected chi connectivity index (χ0v) is 15.5. The largest absolute Gasteiger partial charge is 0.425 e. The van der Waals surface area contributed by atoms with E-state index in [4.69, 9.17) is 16.2 Å². The second kappa shape index (κ2) is 10.4. The molecule has 1 atom stereocenters. The number of hydrogen-bond acceptors (Lipinski definition) is 6. The maximum Gasteiger partial charge on any atom is 0.334 e. The number of benzene rings is 2. The van der Waals surface area contributed by atoms with Crippen LogP contribution in [-0.4, -0.2) is 35.3 Å². The number of nitrogens with two attached hydrogens (primary N) is 2. The summed E-state index contributed by atoms with van der Waals surface area (Å²) in [6.45, 7) is 0.283. The zero-order chi connectivity index (χ0) is 21.2. The lowest BCUT2D eigenvalue weighted by Gasteiger charge is -2.17. The first kappa shape index (κ1) is 21.4. The molecule has 29 heavy (non-hydrogen) atoms. The fraction of sp³-hybridized carbons (Fsp3) is 0.211. The van der Waals surface area contributed by atoms with E-state index in [0.717, 1.165) is 0 Å². The molecule has 5 N–H and O–H groups in total. The molecule has 0 saturated heterocycles. The molecule has 10 heteroatoms. The Balaban J connectivity index is 2.07. The number of nitro benzene ring substituents is 1. The summed E-state index contributed by atoms with van der Waals surface area (Å²) < 4.78 is 5.26. The summed E-state index contributed by atoms with van der Waals surface area (Å²) in [5.41, 5.74) is 10.8. The van der Waals surface area contributed by atoms with Crippen LogP contribution in [0.3, 0.4) is 0 Å². The third kappa shape index (κ3) is 6.94. The van der Waals surface area contributed by atoms with E-state index in [9.17, 15) is 19.7 Å². The molecule has 0 saturated carbocycles. The first-order valence-corrected chi connectivity index (χ1v) is 8.74. The first-order chi connectivity index (χ1) is 13.9. The number of esters is 1. The van der Waals surface area contributed by atoms with Gasteiger partial charge < -0.3 is 21.5 Å². The summed E-state index contributed by atoms with van der Waals surface area (Å²) in [5.74, 6) is -1.07. The summed E-state index contributed by atoms with van der Waals surface area (Å²) in [7, 11) is 0. The SMILES string of the molecule is NC(N)=NCCC[C@@H](NC(=O)c1ccccc1)C(=O)Oc1ccc([N+](=O)[O-])cc1. The molecule has 0 aromatic heterocycles. The Morgan fingerprint density at radius 2 is 1.76 bits per heavy atom. The molecule has 152 valence electrons. The van der Waals surface area contributed by atoms with Crippen LogP contribution in [0.25, 0.3) is 0 Å². The van der Waals surface area contributed by atoms with Gasteiger partial charge in [-0.2, -0.15) is 0 Å². The lowest BCUT2D eigenvalue weighted by Crippen LogP contribution is -2.43. The Bertz CT molecular complexity index is 880. The predicted octanol–water partition coefficient (Wildman–Crippen LogP) is 1.35. The van der Waals surface area contributed by atoms with Gasteiger partial charge in [-0.25, -0.2) is 4.79 Å². The molecular formula is C19H21N5O5. The van der Waals surface area contributed by atoms with Crippen LogP contribution in [0.2, 0.25) is 0 Å². The van der Waals surface area contributed by atoms with Crippen LogP contribution in [0.1, 0.15) is 23.2 Å². The highest BCUT2D eigenvalue weighted by Gasteiger charge is 2.23. The van der Waals surface area contributed by atoms with Gasteiger partial charge in [0.1, 0.15) is 11.8 Å². The quantitative estimate of drug-likeness (QED) is 0.109. The second-order valence-electron chi connectivity index (χ2n) is 6.01. The highest BCUT2D eigenvalue weighted by atomic mass is 16.6. The van der Waals surface area contributed by atoms with Crippen molar-refractivity contribution >= 4 is 23.5 Å². The van der Waals surface area contributed by atoms with Gasteiger partial charge in [-0.1, -0.05) is 18.2 Å². The molecule has 2 aromatic rings. The zero-order valence-electron chi connectivity index (χ0n) is 15.5. The van der Waals surface area contributed by atoms with Crippen molar-refractivity contribution < 1.29 is 19.2 Å². The predicted molar refractivity (Wildman–Crippen MR) is 106 cm³/mol. The van der Waals surface area contributed by atoms with Crippen LogP contribution in [0.5, 0.6) is 5.75 Å². The van der Waals surface area contributed by atoms with E-state index in [2.05, 4.69) is 10.3 Å². The highest BCUT2D eigenvalue weighted by Crippen LogP contribution is 2.18. The molecule has 0 bridgehead atoms. The van der Waals surface area contributed by atoms with E-state index in [1.165, 1.54) is 24.3 Å². The van der Waals surface area contributed by atoms with Gasteiger partial charge in [0.2, 0.25) is 0 Å². The number of carbonyl (C=O) groups is 2. The van der Waals surface area contributed by atoms with Crippen molar-refractivity contribution in [2.24, 2.45) is 16.5 Å². The number of rotatable bonds is 9. The summed E-state index contributed by atoms with van der Waals surface area (Å²) in [5, 5.41) is 13.4. The number of ether oxygens (including phenoxy) is 1. The molecule has 10 nitrogen and oxygen atoms in total. The standard InChI is InChI=1S/C19H21N5O5/c20-19(21)22-12-4-7-16(23-17(25)13-5-2-1-3-6-13)18(26)29-15-10-8-14(9-11-15)24(27)28/h1-3,5-6,8-11,16H,4,7,12H2,(H,23,25)(H4,20,21,22)/t16-/m1/s1. The van der Waals surface area contributed by atoms with Crippen molar-refractivity contribution in [3.8, 4) is 5.75 Å². The van der Waals surface area contributed by atoms with E-state index < -0.39 is 22.8 Å². The lowest BCUT2D eigenvalue weighted by molar-refractivity contribution is -0.384. The molecule has 2 rings (SSSR count). The van der Waals surface area contributed by atoms with E-state index in [1.807, 2.05) is 0 Å². The molecule has 0 unspecified atom stereocenters. The minimum Gasteiger partial charge on any atom is -0.425 e. The van der Waals surface area contributed by atoms with Crippen LogP contribution in [0, 0.1) is 10.1 Å². The average Bonchev–Trinajstić information content (AvgIpc) is 2.71. The van der Waals surface area contributed by atoms with Crippen molar-refractivity contribution in [2.45, 2.75) is 18.9 Å². The molecular weight excluding hydrogens is 378 g/mol. The molecule has 0 heterocycles. The number of amides is 1. The number of guanidine groups is 1. The summed E-state index contributed by atoms with van der Waals surface area (Å²) in [6.07, 6.45) is 0.661. The van der Waals surface area contributed by atoms with Crippen molar-refractivity contribution in [1.82, 2.24) is 5.32 Å². The highest BCUT2D eigenvalue weighted by molar-refractivity contribution is 5.96. The number of non-ortho nitro benzene ring substituents is 1. The van der Waals surface area contributed by atoms with Crippen LogP contribution >= 0.6 is 0 Å². The molecule has 0 aliphatic heterocycles. The fourth-order valence-corrected chi connectivity index (χ4v) is 2.41. The minimum absolute atomic E-state index is 0.0664. The third-order valence-corrected chi connectivity index (χ3v) is 3.84. The fourth-order valence-electron chi connectivity index (χ4n) is 2.41. The average molecular weight is 399 g/mol. The van der Waals surface area contributed by atoms with Crippen LogP contribution in [0.15, 0.2) is 59.6 Å². The smallest absolute Gasteiger partial charge is 0.334 e. The Morgan fingerprint density at radius 1 is 1.10 bits per heavy atom. The molecule has 1 amide bonds. The number of nitro groups is 1. The van der Waals surface area contributed by atoms with Crippen LogP contribution < -0.4 is 21.5 Å². The van der Waals surface area contributed by atoms with Crippen molar-refractivity contribution in [3.63, 3.8) is 0 Å². The summed E-state index contributed by atoms with van der Waals surface area (Å²) >= 11 is 0. The minimum atomic E-state index is -0.952. The van der Waals surface area contributed by atoms with Crippen molar-refractivity contribution in [3.05, 3.63) is 70.3 Å². The Morgan fingerprint density at radius 3 is 2.34 bits per heavy atom. The number of nitrogens with zero attached hydrogens (tertiary/aromatic N) is 2. The monoisotopic (exact) mass is 399 g/mol. The lowest BCUT2D eigenvalue weighted by atomic mass is 10.1. The van der Waals surface area contributed by atoms with Gasteiger partial charge in [-0.05, 0) is 37.1 Å². The molecule has 2 aromatic carbocycles. The topological polar surface area (TPSA) is 163 Å².